The van der Waals surface area contributed by atoms with Crippen LogP contribution in [0.1, 0.15) is 43.0 Å². The molecule has 31 heavy (non-hydrogen) atoms. The summed E-state index contributed by atoms with van der Waals surface area (Å²) in [5.41, 5.74) is 3.67. The minimum absolute atomic E-state index is 0.0563. The molecule has 6 nitrogen and oxygen atoms in total. The second kappa shape index (κ2) is 8.85. The third-order valence-corrected chi connectivity index (χ3v) is 7.14. The van der Waals surface area contributed by atoms with Crippen LogP contribution in [0.3, 0.4) is 0 Å². The highest BCUT2D eigenvalue weighted by Crippen LogP contribution is 2.45. The summed E-state index contributed by atoms with van der Waals surface area (Å²) in [6.45, 7) is 1.48. The number of Topliss-reactive ketones (excluding diaryl/α,β-unsaturated/α-hetero) is 1. The fourth-order valence-corrected chi connectivity index (χ4v) is 5.61. The van der Waals surface area contributed by atoms with E-state index < -0.39 is 0 Å². The van der Waals surface area contributed by atoms with E-state index in [2.05, 4.69) is 21.6 Å². The topological polar surface area (TPSA) is 70.7 Å². The predicted molar refractivity (Wildman–Crippen MR) is 122 cm³/mol. The van der Waals surface area contributed by atoms with Crippen molar-refractivity contribution in [3.63, 3.8) is 0 Å². The molecule has 3 aliphatic rings. The SMILES string of the molecule is O=C(CN1c2ccccc2NC2=C(C(=O)CCC2)C1c1cccs1)NCC1CCCO1. The van der Waals surface area contributed by atoms with Gasteiger partial charge in [0.1, 0.15) is 0 Å². The molecule has 2 N–H and O–H groups in total. The molecule has 1 aromatic carbocycles. The standard InChI is InChI=1S/C24H27N3O3S/c28-20-10-3-8-18-23(20)24(21-11-5-13-31-21)27(19-9-2-1-7-17(19)26-18)15-22(29)25-14-16-6-4-12-30-16/h1-2,5,7,9,11,13,16,24,26H,3-4,6,8,10,12,14-15H2,(H,25,29). The Kier molecular flexibility index (Phi) is 5.78. The van der Waals surface area contributed by atoms with Gasteiger partial charge in [-0.3, -0.25) is 9.59 Å². The first-order valence-corrected chi connectivity index (χ1v) is 11.9. The lowest BCUT2D eigenvalue weighted by Gasteiger charge is -2.34. The second-order valence-electron chi connectivity index (χ2n) is 8.30. The third kappa shape index (κ3) is 4.12. The summed E-state index contributed by atoms with van der Waals surface area (Å²) in [5.74, 6) is 0.115. The number of thiophene rings is 1. The summed E-state index contributed by atoms with van der Waals surface area (Å²) in [6.07, 6.45) is 4.38. The third-order valence-electron chi connectivity index (χ3n) is 6.22. The highest BCUT2D eigenvalue weighted by atomic mass is 32.1. The average molecular weight is 438 g/mol. The number of allylic oxidation sites excluding steroid dienone is 1. The number of hydrogen-bond acceptors (Lipinski definition) is 6. The first kappa shape index (κ1) is 20.3. The number of ketones is 1. The zero-order chi connectivity index (χ0) is 21.2. The van der Waals surface area contributed by atoms with Gasteiger partial charge >= 0.3 is 0 Å². The van der Waals surface area contributed by atoms with Gasteiger partial charge in [-0.1, -0.05) is 18.2 Å². The average Bonchev–Trinajstić information content (AvgIpc) is 3.46. The maximum Gasteiger partial charge on any atom is 0.239 e. The van der Waals surface area contributed by atoms with Gasteiger partial charge in [-0.25, -0.2) is 0 Å². The Morgan fingerprint density at radius 3 is 2.90 bits per heavy atom. The lowest BCUT2D eigenvalue weighted by molar-refractivity contribution is -0.120. The van der Waals surface area contributed by atoms with Gasteiger partial charge in [0, 0.05) is 35.7 Å². The molecule has 2 unspecified atom stereocenters. The van der Waals surface area contributed by atoms with E-state index in [0.29, 0.717) is 13.0 Å². The van der Waals surface area contributed by atoms with Crippen LogP contribution in [0.4, 0.5) is 11.4 Å². The second-order valence-corrected chi connectivity index (χ2v) is 9.28. The van der Waals surface area contributed by atoms with E-state index in [1.165, 1.54) is 0 Å². The molecular formula is C24H27N3O3S. The number of benzene rings is 1. The van der Waals surface area contributed by atoms with Crippen molar-refractivity contribution in [2.75, 3.05) is 29.9 Å². The van der Waals surface area contributed by atoms with Crippen LogP contribution < -0.4 is 15.5 Å². The van der Waals surface area contributed by atoms with Gasteiger partial charge in [-0.15, -0.1) is 11.3 Å². The van der Waals surface area contributed by atoms with Gasteiger partial charge in [0.2, 0.25) is 5.91 Å². The van der Waals surface area contributed by atoms with Crippen molar-refractivity contribution in [3.8, 4) is 0 Å². The maximum absolute atomic E-state index is 13.1. The molecule has 2 atom stereocenters. The van der Waals surface area contributed by atoms with Crippen LogP contribution in [0.2, 0.25) is 0 Å². The minimum atomic E-state index is -0.271. The quantitative estimate of drug-likeness (QED) is 0.739. The monoisotopic (exact) mass is 437 g/mol. The maximum atomic E-state index is 13.1. The number of hydrogen-bond donors (Lipinski definition) is 2. The molecular weight excluding hydrogens is 410 g/mol. The van der Waals surface area contributed by atoms with Crippen molar-refractivity contribution >= 4 is 34.4 Å². The van der Waals surface area contributed by atoms with Crippen LogP contribution >= 0.6 is 11.3 Å². The Labute approximate surface area is 186 Å². The van der Waals surface area contributed by atoms with E-state index in [4.69, 9.17) is 4.74 Å². The number of carbonyl (C=O) groups excluding carboxylic acids is 2. The Morgan fingerprint density at radius 1 is 1.19 bits per heavy atom. The number of anilines is 2. The Morgan fingerprint density at radius 2 is 2.10 bits per heavy atom. The number of amides is 1. The highest BCUT2D eigenvalue weighted by Gasteiger charge is 2.37. The van der Waals surface area contributed by atoms with Gasteiger partial charge in [-0.2, -0.15) is 0 Å². The van der Waals surface area contributed by atoms with Crippen LogP contribution in [-0.2, 0) is 14.3 Å². The summed E-state index contributed by atoms with van der Waals surface area (Å²) in [5, 5.41) is 8.61. The summed E-state index contributed by atoms with van der Waals surface area (Å²) in [6, 6.07) is 11.8. The Hall–Kier alpha value is -2.64. The number of fused-ring (bicyclic) bond motifs is 1. The lowest BCUT2D eigenvalue weighted by Crippen LogP contribution is -2.42. The van der Waals surface area contributed by atoms with Gasteiger partial charge in [0.15, 0.2) is 5.78 Å². The van der Waals surface area contributed by atoms with Gasteiger partial charge < -0.3 is 20.3 Å². The van der Waals surface area contributed by atoms with Crippen LogP contribution in [0.25, 0.3) is 0 Å². The fraction of sp³-hybridized carbons (Fsp3) is 0.417. The largest absolute Gasteiger partial charge is 0.376 e. The van der Waals surface area contributed by atoms with Gasteiger partial charge in [0.25, 0.3) is 0 Å². The van der Waals surface area contributed by atoms with Crippen molar-refractivity contribution in [1.82, 2.24) is 5.32 Å². The Bertz CT molecular complexity index is 995. The number of nitrogens with one attached hydrogen (secondary N) is 2. The van der Waals surface area contributed by atoms with Crippen molar-refractivity contribution in [1.29, 1.82) is 0 Å². The molecule has 1 amide bonds. The van der Waals surface area contributed by atoms with Crippen molar-refractivity contribution in [2.45, 2.75) is 44.2 Å². The molecule has 0 bridgehead atoms. The fourth-order valence-electron chi connectivity index (χ4n) is 4.76. The molecule has 1 aromatic heterocycles. The van der Waals surface area contributed by atoms with Crippen LogP contribution in [0.15, 0.2) is 53.0 Å². The zero-order valence-electron chi connectivity index (χ0n) is 17.4. The molecule has 5 rings (SSSR count). The summed E-state index contributed by atoms with van der Waals surface area (Å²) in [7, 11) is 0. The molecule has 1 aliphatic carbocycles. The van der Waals surface area contributed by atoms with E-state index in [1.807, 2.05) is 35.7 Å². The van der Waals surface area contributed by atoms with Crippen LogP contribution in [0.5, 0.6) is 0 Å². The molecule has 7 heteroatoms. The normalized spacial score (nSPS) is 23.1. The molecule has 0 saturated carbocycles. The predicted octanol–water partition coefficient (Wildman–Crippen LogP) is 4.02. The molecule has 1 saturated heterocycles. The van der Waals surface area contributed by atoms with E-state index in [9.17, 15) is 9.59 Å². The molecule has 0 spiro atoms. The molecule has 3 heterocycles. The summed E-state index contributed by atoms with van der Waals surface area (Å²) >= 11 is 1.63. The van der Waals surface area contributed by atoms with E-state index in [0.717, 1.165) is 59.8 Å². The number of rotatable bonds is 5. The van der Waals surface area contributed by atoms with E-state index in [-0.39, 0.29) is 30.4 Å². The van der Waals surface area contributed by atoms with Crippen molar-refractivity contribution < 1.29 is 14.3 Å². The number of para-hydroxylation sites is 2. The van der Waals surface area contributed by atoms with Crippen molar-refractivity contribution in [3.05, 3.63) is 57.9 Å². The van der Waals surface area contributed by atoms with Crippen molar-refractivity contribution in [2.24, 2.45) is 0 Å². The van der Waals surface area contributed by atoms with Gasteiger partial charge in [0.05, 0.1) is 30.1 Å². The number of ether oxygens (including phenoxy) is 1. The molecule has 1 fully saturated rings. The molecule has 162 valence electrons. The number of nitrogens with zero attached hydrogens (tertiary/aromatic N) is 1. The van der Waals surface area contributed by atoms with Crippen LogP contribution in [-0.4, -0.2) is 37.5 Å². The van der Waals surface area contributed by atoms with Gasteiger partial charge in [-0.05, 0) is 49.3 Å². The highest BCUT2D eigenvalue weighted by molar-refractivity contribution is 7.10. The molecule has 0 radical (unpaired) electrons. The smallest absolute Gasteiger partial charge is 0.239 e. The zero-order valence-corrected chi connectivity index (χ0v) is 18.2. The van der Waals surface area contributed by atoms with E-state index >= 15 is 0 Å². The first-order chi connectivity index (χ1) is 15.2. The lowest BCUT2D eigenvalue weighted by atomic mass is 9.88. The first-order valence-electron chi connectivity index (χ1n) is 11.0. The Balaban J connectivity index is 1.51. The minimum Gasteiger partial charge on any atom is -0.376 e. The van der Waals surface area contributed by atoms with Crippen LogP contribution in [0, 0.1) is 0 Å². The van der Waals surface area contributed by atoms with E-state index in [1.54, 1.807) is 11.3 Å². The summed E-state index contributed by atoms with van der Waals surface area (Å²) in [4.78, 5) is 29.3. The molecule has 2 aromatic rings. The summed E-state index contributed by atoms with van der Waals surface area (Å²) < 4.78 is 5.65. The molecule has 2 aliphatic heterocycles. The number of carbonyl (C=O) groups is 2.